The Morgan fingerprint density at radius 1 is 1.19 bits per heavy atom. The van der Waals surface area contributed by atoms with E-state index in [9.17, 15) is 4.79 Å². The number of benzene rings is 2. The molecule has 6 nitrogen and oxygen atoms in total. The first-order valence-corrected chi connectivity index (χ1v) is 8.96. The van der Waals surface area contributed by atoms with E-state index in [4.69, 9.17) is 14.2 Å². The van der Waals surface area contributed by atoms with Crippen LogP contribution in [0.3, 0.4) is 0 Å². The molecule has 0 fully saturated rings. The van der Waals surface area contributed by atoms with Gasteiger partial charge in [-0.3, -0.25) is 4.79 Å². The molecule has 0 saturated carbocycles. The zero-order valence-electron chi connectivity index (χ0n) is 15.1. The fraction of sp³-hybridized carbons (Fsp3) is 0.263. The summed E-state index contributed by atoms with van der Waals surface area (Å²) in [4.78, 5) is 11.9. The van der Waals surface area contributed by atoms with Crippen molar-refractivity contribution in [3.8, 4) is 17.2 Å². The van der Waals surface area contributed by atoms with Crippen molar-refractivity contribution in [1.82, 2.24) is 5.43 Å². The lowest BCUT2D eigenvalue weighted by Gasteiger charge is -2.10. The number of aryl methyl sites for hydroxylation is 1. The molecule has 138 valence electrons. The van der Waals surface area contributed by atoms with Crippen molar-refractivity contribution in [2.75, 3.05) is 20.8 Å². The summed E-state index contributed by atoms with van der Waals surface area (Å²) in [5.41, 5.74) is 5.36. The maximum absolute atomic E-state index is 11.9. The minimum absolute atomic E-state index is 0.106. The molecule has 0 unspecified atom stereocenters. The van der Waals surface area contributed by atoms with Crippen LogP contribution < -0.4 is 19.6 Å². The summed E-state index contributed by atoms with van der Waals surface area (Å²) in [5, 5.41) is 3.96. The molecule has 26 heavy (non-hydrogen) atoms. The molecule has 0 aliphatic heterocycles. The van der Waals surface area contributed by atoms with Gasteiger partial charge in [0.25, 0.3) is 5.91 Å². The van der Waals surface area contributed by atoms with Crippen molar-refractivity contribution in [2.45, 2.75) is 13.8 Å². The van der Waals surface area contributed by atoms with Crippen molar-refractivity contribution in [2.24, 2.45) is 5.10 Å². The van der Waals surface area contributed by atoms with Gasteiger partial charge in [0.2, 0.25) is 0 Å². The highest BCUT2D eigenvalue weighted by atomic mass is 127. The van der Waals surface area contributed by atoms with E-state index in [2.05, 4.69) is 33.1 Å². The van der Waals surface area contributed by atoms with Gasteiger partial charge in [0.1, 0.15) is 5.75 Å². The van der Waals surface area contributed by atoms with E-state index in [1.807, 2.05) is 38.1 Å². The van der Waals surface area contributed by atoms with Crippen LogP contribution >= 0.6 is 22.6 Å². The highest BCUT2D eigenvalue weighted by Gasteiger charge is 2.10. The number of hydrogen-bond donors (Lipinski definition) is 1. The molecule has 0 aliphatic carbocycles. The molecular weight excluding hydrogens is 447 g/mol. The van der Waals surface area contributed by atoms with E-state index in [0.717, 1.165) is 20.3 Å². The lowest BCUT2D eigenvalue weighted by atomic mass is 10.1. The third-order valence-electron chi connectivity index (χ3n) is 3.77. The summed E-state index contributed by atoms with van der Waals surface area (Å²) < 4.78 is 17.0. The molecule has 7 heteroatoms. The van der Waals surface area contributed by atoms with E-state index >= 15 is 0 Å². The summed E-state index contributed by atoms with van der Waals surface area (Å²) in [6, 6.07) is 9.39. The zero-order valence-corrected chi connectivity index (χ0v) is 17.3. The first-order valence-electron chi connectivity index (χ1n) is 7.88. The zero-order chi connectivity index (χ0) is 19.1. The minimum Gasteiger partial charge on any atom is -0.493 e. The van der Waals surface area contributed by atoms with Crippen LogP contribution in [0.15, 0.2) is 35.4 Å². The molecule has 0 bridgehead atoms. The lowest BCUT2D eigenvalue weighted by molar-refractivity contribution is -0.123. The Bertz CT molecular complexity index is 821. The Hall–Kier alpha value is -2.29. The van der Waals surface area contributed by atoms with Gasteiger partial charge in [-0.1, -0.05) is 12.1 Å². The van der Waals surface area contributed by atoms with Gasteiger partial charge < -0.3 is 14.2 Å². The number of methoxy groups -OCH3 is 2. The molecule has 1 amide bonds. The number of amides is 1. The molecule has 2 aromatic carbocycles. The summed E-state index contributed by atoms with van der Waals surface area (Å²) in [7, 11) is 3.16. The third-order valence-corrected chi connectivity index (χ3v) is 4.57. The molecule has 0 heterocycles. The molecule has 0 radical (unpaired) electrons. The third kappa shape index (κ3) is 5.10. The number of hydrogen-bond acceptors (Lipinski definition) is 5. The first-order chi connectivity index (χ1) is 12.5. The van der Waals surface area contributed by atoms with Crippen molar-refractivity contribution in [3.05, 3.63) is 50.6 Å². The van der Waals surface area contributed by atoms with Gasteiger partial charge in [-0.15, -0.1) is 0 Å². The summed E-state index contributed by atoms with van der Waals surface area (Å²) in [6.45, 7) is 3.85. The number of nitrogens with zero attached hydrogens (tertiary/aromatic N) is 1. The van der Waals surface area contributed by atoms with Gasteiger partial charge >= 0.3 is 0 Å². The van der Waals surface area contributed by atoms with Gasteiger partial charge in [0.15, 0.2) is 18.1 Å². The van der Waals surface area contributed by atoms with E-state index in [-0.39, 0.29) is 12.5 Å². The highest BCUT2D eigenvalue weighted by Crippen LogP contribution is 2.33. The van der Waals surface area contributed by atoms with E-state index in [1.54, 1.807) is 26.5 Å². The minimum atomic E-state index is -0.336. The van der Waals surface area contributed by atoms with Gasteiger partial charge in [-0.25, -0.2) is 5.43 Å². The van der Waals surface area contributed by atoms with E-state index < -0.39 is 0 Å². The maximum atomic E-state index is 11.9. The molecule has 0 saturated heterocycles. The molecule has 2 rings (SSSR count). The van der Waals surface area contributed by atoms with Crippen LogP contribution in [-0.4, -0.2) is 32.9 Å². The number of nitrogens with one attached hydrogen (secondary N) is 1. The largest absolute Gasteiger partial charge is 0.493 e. The second-order valence-corrected chi connectivity index (χ2v) is 6.68. The monoisotopic (exact) mass is 468 g/mol. The van der Waals surface area contributed by atoms with Gasteiger partial charge in [0.05, 0.1) is 24.0 Å². The van der Waals surface area contributed by atoms with Crippen LogP contribution in [-0.2, 0) is 4.79 Å². The topological polar surface area (TPSA) is 69.2 Å². The highest BCUT2D eigenvalue weighted by molar-refractivity contribution is 14.1. The van der Waals surface area contributed by atoms with Crippen molar-refractivity contribution < 1.29 is 19.0 Å². The average Bonchev–Trinajstić information content (AvgIpc) is 2.62. The van der Waals surface area contributed by atoms with Crippen molar-refractivity contribution in [3.63, 3.8) is 0 Å². The predicted molar refractivity (Wildman–Crippen MR) is 109 cm³/mol. The lowest BCUT2D eigenvalue weighted by Crippen LogP contribution is -2.24. The Morgan fingerprint density at radius 2 is 1.96 bits per heavy atom. The molecule has 0 spiro atoms. The average molecular weight is 468 g/mol. The Balaban J connectivity index is 1.94. The number of hydrazone groups is 1. The van der Waals surface area contributed by atoms with Gasteiger partial charge in [-0.2, -0.15) is 5.10 Å². The predicted octanol–water partition coefficient (Wildman–Crippen LogP) is 3.45. The van der Waals surface area contributed by atoms with Gasteiger partial charge in [0, 0.05) is 0 Å². The summed E-state index contributed by atoms with van der Waals surface area (Å²) in [5.74, 6) is 1.62. The SMILES string of the molecule is COc1cc(/C=N/NC(=O)COc2cccc(C)c2C)cc(I)c1OC. The first kappa shape index (κ1) is 20.0. The Kier molecular flexibility index (Phi) is 7.26. The van der Waals surface area contributed by atoms with E-state index in [0.29, 0.717) is 17.2 Å². The molecular formula is C19H21IN2O4. The fourth-order valence-corrected chi connectivity index (χ4v) is 3.09. The van der Waals surface area contributed by atoms with E-state index in [1.165, 1.54) is 0 Å². The fourth-order valence-electron chi connectivity index (χ4n) is 2.25. The molecule has 0 aromatic heterocycles. The standard InChI is InChI=1S/C19H21IN2O4/c1-12-6-5-7-16(13(12)2)26-11-18(23)22-21-10-14-8-15(20)19(25-4)17(9-14)24-3/h5-10H,11H2,1-4H3,(H,22,23)/b21-10+. The molecule has 2 aromatic rings. The maximum Gasteiger partial charge on any atom is 0.277 e. The molecule has 0 atom stereocenters. The number of carbonyl (C=O) groups is 1. The van der Waals surface area contributed by atoms with Crippen LogP contribution in [0, 0.1) is 17.4 Å². The molecule has 0 aliphatic rings. The number of rotatable bonds is 7. The number of carbonyl (C=O) groups excluding carboxylic acids is 1. The van der Waals surface area contributed by atoms with Crippen LogP contribution in [0.25, 0.3) is 0 Å². The Morgan fingerprint density at radius 3 is 2.65 bits per heavy atom. The van der Waals surface area contributed by atoms with Crippen LogP contribution in [0.4, 0.5) is 0 Å². The van der Waals surface area contributed by atoms with Crippen LogP contribution in [0.2, 0.25) is 0 Å². The van der Waals surface area contributed by atoms with Crippen molar-refractivity contribution in [1.29, 1.82) is 0 Å². The normalized spacial score (nSPS) is 10.7. The summed E-state index contributed by atoms with van der Waals surface area (Å²) >= 11 is 2.15. The Labute approximate surface area is 166 Å². The number of halogens is 1. The van der Waals surface area contributed by atoms with Crippen LogP contribution in [0.1, 0.15) is 16.7 Å². The van der Waals surface area contributed by atoms with Crippen molar-refractivity contribution >= 4 is 34.7 Å². The second-order valence-electron chi connectivity index (χ2n) is 5.52. The number of ether oxygens (including phenoxy) is 3. The molecule has 1 N–H and O–H groups in total. The van der Waals surface area contributed by atoms with Crippen LogP contribution in [0.5, 0.6) is 17.2 Å². The second kappa shape index (κ2) is 9.42. The quantitative estimate of drug-likeness (QED) is 0.384. The summed E-state index contributed by atoms with van der Waals surface area (Å²) in [6.07, 6.45) is 1.54. The van der Waals surface area contributed by atoms with Gasteiger partial charge in [-0.05, 0) is 71.3 Å². The smallest absolute Gasteiger partial charge is 0.277 e.